The topological polar surface area (TPSA) is 27.1 Å². The molecule has 0 aliphatic carbocycles. The molecule has 1 N–H and O–H groups in total. The highest BCUT2D eigenvalue weighted by Crippen LogP contribution is 2.16. The SMILES string of the molecule is N=C(c1cccc(Br)c1)N1CCCCC1. The highest BCUT2D eigenvalue weighted by molar-refractivity contribution is 9.10. The molecule has 0 bridgehead atoms. The maximum atomic E-state index is 8.13. The number of hydrogen-bond acceptors (Lipinski definition) is 1. The van der Waals surface area contributed by atoms with Gasteiger partial charge in [-0.25, -0.2) is 0 Å². The first-order chi connectivity index (χ1) is 7.27. The third-order valence-corrected chi connectivity index (χ3v) is 3.26. The molecule has 0 unspecified atom stereocenters. The van der Waals surface area contributed by atoms with E-state index >= 15 is 0 Å². The largest absolute Gasteiger partial charge is 0.357 e. The van der Waals surface area contributed by atoms with Crippen LogP contribution in [0.3, 0.4) is 0 Å². The Kier molecular flexibility index (Phi) is 3.41. The van der Waals surface area contributed by atoms with Crippen LogP contribution in [0.5, 0.6) is 0 Å². The minimum absolute atomic E-state index is 0.663. The van der Waals surface area contributed by atoms with E-state index in [4.69, 9.17) is 5.41 Å². The average Bonchev–Trinajstić information content (AvgIpc) is 2.29. The molecule has 1 aliphatic heterocycles. The molecule has 1 heterocycles. The van der Waals surface area contributed by atoms with Gasteiger partial charge in [-0.15, -0.1) is 0 Å². The lowest BCUT2D eigenvalue weighted by Crippen LogP contribution is -2.35. The van der Waals surface area contributed by atoms with Gasteiger partial charge in [0.25, 0.3) is 0 Å². The normalized spacial score (nSPS) is 16.5. The van der Waals surface area contributed by atoms with Crippen LogP contribution in [0.15, 0.2) is 28.7 Å². The minimum Gasteiger partial charge on any atom is -0.357 e. The molecule has 2 rings (SSSR count). The lowest BCUT2D eigenvalue weighted by Gasteiger charge is -2.29. The summed E-state index contributed by atoms with van der Waals surface area (Å²) in [5, 5.41) is 8.13. The van der Waals surface area contributed by atoms with Crippen LogP contribution < -0.4 is 0 Å². The van der Waals surface area contributed by atoms with Gasteiger partial charge >= 0.3 is 0 Å². The maximum absolute atomic E-state index is 8.13. The third-order valence-electron chi connectivity index (χ3n) is 2.77. The van der Waals surface area contributed by atoms with Gasteiger partial charge in [0.05, 0.1) is 0 Å². The number of benzene rings is 1. The fourth-order valence-corrected chi connectivity index (χ4v) is 2.34. The monoisotopic (exact) mass is 266 g/mol. The van der Waals surface area contributed by atoms with Crippen LogP contribution in [0.25, 0.3) is 0 Å². The number of halogens is 1. The summed E-state index contributed by atoms with van der Waals surface area (Å²) in [5.41, 5.74) is 1.01. The van der Waals surface area contributed by atoms with Crippen molar-refractivity contribution in [1.82, 2.24) is 4.90 Å². The van der Waals surface area contributed by atoms with Crippen molar-refractivity contribution in [2.24, 2.45) is 0 Å². The second-order valence-corrected chi connectivity index (χ2v) is 4.82. The molecule has 0 spiro atoms. The van der Waals surface area contributed by atoms with Gasteiger partial charge in [-0.1, -0.05) is 28.1 Å². The Hall–Kier alpha value is -0.830. The van der Waals surface area contributed by atoms with Crippen LogP contribution in [-0.4, -0.2) is 23.8 Å². The first-order valence-electron chi connectivity index (χ1n) is 5.37. The Balaban J connectivity index is 2.12. The quantitative estimate of drug-likeness (QED) is 0.613. The molecule has 1 aliphatic rings. The maximum Gasteiger partial charge on any atom is 0.128 e. The molecular weight excluding hydrogens is 252 g/mol. The van der Waals surface area contributed by atoms with E-state index < -0.39 is 0 Å². The summed E-state index contributed by atoms with van der Waals surface area (Å²) in [4.78, 5) is 2.17. The van der Waals surface area contributed by atoms with E-state index in [0.717, 1.165) is 23.1 Å². The first-order valence-corrected chi connectivity index (χ1v) is 6.16. The molecule has 3 heteroatoms. The molecule has 1 aromatic carbocycles. The summed E-state index contributed by atoms with van der Waals surface area (Å²) in [7, 11) is 0. The van der Waals surface area contributed by atoms with Gasteiger partial charge in [-0.2, -0.15) is 0 Å². The third kappa shape index (κ3) is 2.59. The van der Waals surface area contributed by atoms with Gasteiger partial charge in [-0.3, -0.25) is 5.41 Å². The standard InChI is InChI=1S/C12H15BrN2/c13-11-6-4-5-10(9-11)12(14)15-7-2-1-3-8-15/h4-6,9,14H,1-3,7-8H2. The Labute approximate surface area is 98.9 Å². The molecule has 15 heavy (non-hydrogen) atoms. The summed E-state index contributed by atoms with van der Waals surface area (Å²) in [6, 6.07) is 7.99. The van der Waals surface area contributed by atoms with Crippen LogP contribution in [-0.2, 0) is 0 Å². The zero-order chi connectivity index (χ0) is 10.7. The lowest BCUT2D eigenvalue weighted by molar-refractivity contribution is 0.341. The van der Waals surface area contributed by atoms with Crippen molar-refractivity contribution in [2.75, 3.05) is 13.1 Å². The summed E-state index contributed by atoms with van der Waals surface area (Å²) in [6.07, 6.45) is 3.75. The van der Waals surface area contributed by atoms with Gasteiger partial charge in [-0.05, 0) is 31.4 Å². The number of nitrogens with one attached hydrogen (secondary N) is 1. The zero-order valence-corrected chi connectivity index (χ0v) is 10.3. The van der Waals surface area contributed by atoms with Gasteiger partial charge in [0, 0.05) is 23.1 Å². The van der Waals surface area contributed by atoms with Crippen LogP contribution in [0.1, 0.15) is 24.8 Å². The second kappa shape index (κ2) is 4.79. The summed E-state index contributed by atoms with van der Waals surface area (Å²) in [5.74, 6) is 0.663. The molecule has 0 amide bonds. The van der Waals surface area contributed by atoms with E-state index in [0.29, 0.717) is 5.84 Å². The van der Waals surface area contributed by atoms with E-state index in [2.05, 4.69) is 20.8 Å². The molecule has 0 atom stereocenters. The smallest absolute Gasteiger partial charge is 0.128 e. The Morgan fingerprint density at radius 3 is 2.60 bits per heavy atom. The van der Waals surface area contributed by atoms with E-state index in [1.807, 2.05) is 24.3 Å². The molecule has 2 nitrogen and oxygen atoms in total. The molecule has 0 saturated carbocycles. The van der Waals surface area contributed by atoms with Gasteiger partial charge in [0.1, 0.15) is 5.84 Å². The van der Waals surface area contributed by atoms with Gasteiger partial charge in [0.2, 0.25) is 0 Å². The van der Waals surface area contributed by atoms with Crippen LogP contribution in [0, 0.1) is 5.41 Å². The van der Waals surface area contributed by atoms with E-state index in [1.54, 1.807) is 0 Å². The fraction of sp³-hybridized carbons (Fsp3) is 0.417. The van der Waals surface area contributed by atoms with Crippen LogP contribution >= 0.6 is 15.9 Å². The Bertz CT molecular complexity index is 356. The number of nitrogens with zero attached hydrogens (tertiary/aromatic N) is 1. The Morgan fingerprint density at radius 2 is 1.93 bits per heavy atom. The molecular formula is C12H15BrN2. The zero-order valence-electron chi connectivity index (χ0n) is 8.67. The lowest BCUT2D eigenvalue weighted by atomic mass is 10.1. The van der Waals surface area contributed by atoms with Crippen molar-refractivity contribution in [3.05, 3.63) is 34.3 Å². The predicted octanol–water partition coefficient (Wildman–Crippen LogP) is 3.26. The molecule has 1 fully saturated rings. The molecule has 0 radical (unpaired) electrons. The molecule has 0 aromatic heterocycles. The predicted molar refractivity (Wildman–Crippen MR) is 66.4 cm³/mol. The fourth-order valence-electron chi connectivity index (χ4n) is 1.94. The first kappa shape index (κ1) is 10.7. The van der Waals surface area contributed by atoms with Crippen LogP contribution in [0.4, 0.5) is 0 Å². The summed E-state index contributed by atoms with van der Waals surface area (Å²) >= 11 is 3.44. The molecule has 1 saturated heterocycles. The van der Waals surface area contributed by atoms with Gasteiger partial charge < -0.3 is 4.90 Å². The summed E-state index contributed by atoms with van der Waals surface area (Å²) < 4.78 is 1.04. The van der Waals surface area contributed by atoms with E-state index in [1.165, 1.54) is 19.3 Å². The van der Waals surface area contributed by atoms with Crippen molar-refractivity contribution >= 4 is 21.8 Å². The average molecular weight is 267 g/mol. The van der Waals surface area contributed by atoms with Crippen LogP contribution in [0.2, 0.25) is 0 Å². The van der Waals surface area contributed by atoms with Crippen molar-refractivity contribution < 1.29 is 0 Å². The number of rotatable bonds is 1. The minimum atomic E-state index is 0.663. The van der Waals surface area contributed by atoms with E-state index in [9.17, 15) is 0 Å². The van der Waals surface area contributed by atoms with Crippen molar-refractivity contribution in [1.29, 1.82) is 5.41 Å². The highest BCUT2D eigenvalue weighted by Gasteiger charge is 2.14. The molecule has 80 valence electrons. The highest BCUT2D eigenvalue weighted by atomic mass is 79.9. The van der Waals surface area contributed by atoms with Gasteiger partial charge in [0.15, 0.2) is 0 Å². The number of piperidine rings is 1. The van der Waals surface area contributed by atoms with Crippen molar-refractivity contribution in [3.8, 4) is 0 Å². The molecule has 1 aromatic rings. The number of amidine groups is 1. The summed E-state index contributed by atoms with van der Waals surface area (Å²) in [6.45, 7) is 2.07. The second-order valence-electron chi connectivity index (χ2n) is 3.91. The number of likely N-dealkylation sites (tertiary alicyclic amines) is 1. The van der Waals surface area contributed by atoms with Crippen molar-refractivity contribution in [2.45, 2.75) is 19.3 Å². The van der Waals surface area contributed by atoms with E-state index in [-0.39, 0.29) is 0 Å². The van der Waals surface area contributed by atoms with Crippen molar-refractivity contribution in [3.63, 3.8) is 0 Å². The number of hydrogen-bond donors (Lipinski definition) is 1. The Morgan fingerprint density at radius 1 is 1.20 bits per heavy atom.